The number of hydrogen-bond acceptors (Lipinski definition) is 6. The molecule has 1 aliphatic rings. The number of aryl methyl sites for hydroxylation is 1. The number of hydrogen-bond donors (Lipinski definition) is 3. The van der Waals surface area contributed by atoms with Gasteiger partial charge in [0, 0.05) is 12.6 Å². The summed E-state index contributed by atoms with van der Waals surface area (Å²) >= 11 is 0. The van der Waals surface area contributed by atoms with Crippen molar-refractivity contribution in [3.05, 3.63) is 24.2 Å². The van der Waals surface area contributed by atoms with E-state index in [1.165, 1.54) is 6.20 Å². The van der Waals surface area contributed by atoms with Crippen molar-refractivity contribution in [2.24, 2.45) is 11.7 Å². The molecule has 1 atom stereocenters. The third kappa shape index (κ3) is 3.59. The lowest BCUT2D eigenvalue weighted by Crippen LogP contribution is -2.40. The van der Waals surface area contributed by atoms with E-state index >= 15 is 0 Å². The summed E-state index contributed by atoms with van der Waals surface area (Å²) in [6.07, 6.45) is 3.85. The Kier molecular flexibility index (Phi) is 4.01. The summed E-state index contributed by atoms with van der Waals surface area (Å²) in [5.74, 6) is 1.45. The Hall–Kier alpha value is -2.48. The summed E-state index contributed by atoms with van der Waals surface area (Å²) in [6.45, 7) is 2.21. The van der Waals surface area contributed by atoms with Gasteiger partial charge in [0.25, 0.3) is 5.89 Å². The molecular weight excluding hydrogens is 284 g/mol. The zero-order valence-electron chi connectivity index (χ0n) is 12.2. The Balaban J connectivity index is 1.53. The first-order valence-electron chi connectivity index (χ1n) is 7.19. The number of nitrogens with one attached hydrogen (secondary N) is 2. The number of amides is 2. The minimum absolute atomic E-state index is 0.0343. The Labute approximate surface area is 127 Å². The van der Waals surface area contributed by atoms with E-state index in [1.807, 2.05) is 0 Å². The maximum absolute atomic E-state index is 11.8. The Morgan fingerprint density at radius 3 is 2.91 bits per heavy atom. The van der Waals surface area contributed by atoms with Gasteiger partial charge in [-0.2, -0.15) is 4.98 Å². The molecule has 0 radical (unpaired) electrons. The molecule has 1 unspecified atom stereocenters. The number of urea groups is 1. The van der Waals surface area contributed by atoms with E-state index in [1.54, 1.807) is 19.1 Å². The number of carbonyl (C=O) groups is 1. The van der Waals surface area contributed by atoms with Crippen LogP contribution in [0.3, 0.4) is 0 Å². The van der Waals surface area contributed by atoms with Crippen molar-refractivity contribution in [2.75, 3.05) is 11.9 Å². The standard InChI is InChI=1S/C14H18N6O2/c1-8-18-13(22-20-8)12-5-4-10(6-16-12)19-14(21)17-7-11(15)9-2-3-9/h4-6,9,11H,2-3,7,15H2,1H3,(H2,17,19,21). The number of aromatic nitrogens is 3. The van der Waals surface area contributed by atoms with Gasteiger partial charge in [-0.3, -0.25) is 0 Å². The van der Waals surface area contributed by atoms with Crippen LogP contribution in [0.15, 0.2) is 22.9 Å². The molecule has 0 spiro atoms. The Morgan fingerprint density at radius 2 is 2.32 bits per heavy atom. The van der Waals surface area contributed by atoms with Gasteiger partial charge in [-0.05, 0) is 37.8 Å². The summed E-state index contributed by atoms with van der Waals surface area (Å²) < 4.78 is 5.03. The molecule has 8 nitrogen and oxygen atoms in total. The van der Waals surface area contributed by atoms with E-state index in [9.17, 15) is 4.79 Å². The van der Waals surface area contributed by atoms with Crippen LogP contribution in [0.2, 0.25) is 0 Å². The Bertz CT molecular complexity index is 650. The molecule has 0 bridgehead atoms. The first-order valence-corrected chi connectivity index (χ1v) is 7.19. The van der Waals surface area contributed by atoms with Crippen LogP contribution < -0.4 is 16.4 Å². The number of rotatable bonds is 5. The fourth-order valence-corrected chi connectivity index (χ4v) is 2.07. The lowest BCUT2D eigenvalue weighted by molar-refractivity contribution is 0.251. The molecule has 2 amide bonds. The molecule has 0 aromatic carbocycles. The molecule has 2 heterocycles. The van der Waals surface area contributed by atoms with E-state index in [4.69, 9.17) is 10.3 Å². The lowest BCUT2D eigenvalue weighted by atomic mass is 10.2. The SMILES string of the molecule is Cc1noc(-c2ccc(NC(=O)NCC(N)C3CC3)cn2)n1. The molecule has 1 saturated carbocycles. The minimum Gasteiger partial charge on any atom is -0.336 e. The fraction of sp³-hybridized carbons (Fsp3) is 0.429. The zero-order valence-corrected chi connectivity index (χ0v) is 12.2. The highest BCUT2D eigenvalue weighted by Gasteiger charge is 2.28. The van der Waals surface area contributed by atoms with Crippen molar-refractivity contribution in [1.29, 1.82) is 0 Å². The first-order chi connectivity index (χ1) is 10.6. The smallest absolute Gasteiger partial charge is 0.319 e. The van der Waals surface area contributed by atoms with Gasteiger partial charge in [0.1, 0.15) is 5.69 Å². The molecule has 1 aliphatic carbocycles. The highest BCUT2D eigenvalue weighted by atomic mass is 16.5. The highest BCUT2D eigenvalue weighted by molar-refractivity contribution is 5.89. The molecule has 0 aliphatic heterocycles. The van der Waals surface area contributed by atoms with Crippen LogP contribution in [0.5, 0.6) is 0 Å². The molecule has 3 rings (SSSR count). The van der Waals surface area contributed by atoms with E-state index in [0.29, 0.717) is 35.6 Å². The minimum atomic E-state index is -0.292. The van der Waals surface area contributed by atoms with Gasteiger partial charge in [-0.15, -0.1) is 0 Å². The number of pyridine rings is 1. The third-order valence-electron chi connectivity index (χ3n) is 3.49. The van der Waals surface area contributed by atoms with Crippen molar-refractivity contribution in [3.63, 3.8) is 0 Å². The van der Waals surface area contributed by atoms with Crippen molar-refractivity contribution >= 4 is 11.7 Å². The molecule has 0 saturated heterocycles. The van der Waals surface area contributed by atoms with E-state index in [-0.39, 0.29) is 12.1 Å². The highest BCUT2D eigenvalue weighted by Crippen LogP contribution is 2.31. The molecule has 1 fully saturated rings. The first kappa shape index (κ1) is 14.5. The van der Waals surface area contributed by atoms with Gasteiger partial charge in [-0.25, -0.2) is 9.78 Å². The topological polar surface area (TPSA) is 119 Å². The van der Waals surface area contributed by atoms with Crippen molar-refractivity contribution in [1.82, 2.24) is 20.4 Å². The second-order valence-electron chi connectivity index (χ2n) is 5.42. The van der Waals surface area contributed by atoms with Gasteiger partial charge in [0.15, 0.2) is 5.82 Å². The van der Waals surface area contributed by atoms with Crippen LogP contribution in [0.25, 0.3) is 11.6 Å². The molecule has 2 aromatic heterocycles. The van der Waals surface area contributed by atoms with Crippen molar-refractivity contribution in [2.45, 2.75) is 25.8 Å². The summed E-state index contributed by atoms with van der Waals surface area (Å²) in [6, 6.07) is 3.17. The summed E-state index contributed by atoms with van der Waals surface area (Å²) in [7, 11) is 0. The molecule has 116 valence electrons. The maximum atomic E-state index is 11.8. The monoisotopic (exact) mass is 302 g/mol. The quantitative estimate of drug-likeness (QED) is 0.766. The van der Waals surface area contributed by atoms with E-state index in [0.717, 1.165) is 12.8 Å². The lowest BCUT2D eigenvalue weighted by Gasteiger charge is -2.12. The third-order valence-corrected chi connectivity index (χ3v) is 3.49. The van der Waals surface area contributed by atoms with Crippen molar-refractivity contribution in [3.8, 4) is 11.6 Å². The van der Waals surface area contributed by atoms with Crippen LogP contribution >= 0.6 is 0 Å². The van der Waals surface area contributed by atoms with E-state index < -0.39 is 0 Å². The van der Waals surface area contributed by atoms with Gasteiger partial charge in [0.05, 0.1) is 11.9 Å². The molecule has 8 heteroatoms. The molecule has 2 aromatic rings. The second kappa shape index (κ2) is 6.10. The average Bonchev–Trinajstić information content (AvgIpc) is 3.28. The van der Waals surface area contributed by atoms with Crippen LogP contribution in [-0.4, -0.2) is 33.7 Å². The molecular formula is C14H18N6O2. The van der Waals surface area contributed by atoms with Crippen LogP contribution in [0.1, 0.15) is 18.7 Å². The number of nitrogens with zero attached hydrogens (tertiary/aromatic N) is 3. The predicted molar refractivity (Wildman–Crippen MR) is 80.0 cm³/mol. The number of anilines is 1. The van der Waals surface area contributed by atoms with Gasteiger partial charge in [0.2, 0.25) is 0 Å². The summed E-state index contributed by atoms with van der Waals surface area (Å²) in [4.78, 5) is 20.0. The second-order valence-corrected chi connectivity index (χ2v) is 5.42. The average molecular weight is 302 g/mol. The number of nitrogens with two attached hydrogens (primary N) is 1. The van der Waals surface area contributed by atoms with Gasteiger partial charge < -0.3 is 20.9 Å². The largest absolute Gasteiger partial charge is 0.336 e. The van der Waals surface area contributed by atoms with Crippen molar-refractivity contribution < 1.29 is 9.32 Å². The maximum Gasteiger partial charge on any atom is 0.319 e. The van der Waals surface area contributed by atoms with Gasteiger partial charge in [-0.1, -0.05) is 5.16 Å². The van der Waals surface area contributed by atoms with E-state index in [2.05, 4.69) is 25.8 Å². The fourth-order valence-electron chi connectivity index (χ4n) is 2.07. The van der Waals surface area contributed by atoms with Crippen LogP contribution in [0.4, 0.5) is 10.5 Å². The molecule has 4 N–H and O–H groups in total. The summed E-state index contributed by atoms with van der Waals surface area (Å²) in [5, 5.41) is 9.17. The van der Waals surface area contributed by atoms with Gasteiger partial charge >= 0.3 is 6.03 Å². The summed E-state index contributed by atoms with van der Waals surface area (Å²) in [5.41, 5.74) is 7.07. The van der Waals surface area contributed by atoms with Crippen LogP contribution in [-0.2, 0) is 0 Å². The Morgan fingerprint density at radius 1 is 1.50 bits per heavy atom. The zero-order chi connectivity index (χ0) is 15.5. The number of carbonyl (C=O) groups excluding carboxylic acids is 1. The predicted octanol–water partition coefficient (Wildman–Crippen LogP) is 1.30. The molecule has 22 heavy (non-hydrogen) atoms. The van der Waals surface area contributed by atoms with Crippen LogP contribution in [0, 0.1) is 12.8 Å². The normalized spacial score (nSPS) is 15.4.